The molecule has 0 aliphatic heterocycles. The Morgan fingerprint density at radius 3 is 2.16 bits per heavy atom. The van der Waals surface area contributed by atoms with Crippen LogP contribution < -0.4 is 0 Å². The molecular formula is C19H16F5N. The summed E-state index contributed by atoms with van der Waals surface area (Å²) in [6.45, 7) is 0. The molecule has 0 aliphatic carbocycles. The molecule has 1 aromatic heterocycles. The van der Waals surface area contributed by atoms with Crippen LogP contribution >= 0.6 is 0 Å². The number of rotatable bonds is 5. The number of H-pyrrole nitrogens is 1. The van der Waals surface area contributed by atoms with Gasteiger partial charge in [-0.05, 0) is 30.0 Å². The van der Waals surface area contributed by atoms with Crippen LogP contribution in [0.5, 0.6) is 0 Å². The van der Waals surface area contributed by atoms with Crippen LogP contribution in [0.1, 0.15) is 23.5 Å². The minimum absolute atomic E-state index is 0.00569. The summed E-state index contributed by atoms with van der Waals surface area (Å²) >= 11 is 0. The molecule has 0 fully saturated rings. The molecule has 0 unspecified atom stereocenters. The van der Waals surface area contributed by atoms with E-state index in [9.17, 15) is 22.0 Å². The molecule has 1 heterocycles. The van der Waals surface area contributed by atoms with Crippen LogP contribution in [-0.4, -0.2) is 17.1 Å². The third-order valence-electron chi connectivity index (χ3n) is 4.38. The van der Waals surface area contributed by atoms with Crippen LogP contribution in [-0.2, 0) is 6.42 Å². The van der Waals surface area contributed by atoms with E-state index in [2.05, 4.69) is 4.98 Å². The molecule has 0 saturated carbocycles. The predicted molar refractivity (Wildman–Crippen MR) is 86.8 cm³/mol. The number of fused-ring (bicyclic) bond motifs is 1. The molecule has 0 aliphatic rings. The average Bonchev–Trinajstić information content (AvgIpc) is 2.99. The second-order valence-electron chi connectivity index (χ2n) is 5.99. The van der Waals surface area contributed by atoms with E-state index >= 15 is 0 Å². The molecule has 132 valence electrons. The number of para-hydroxylation sites is 1. The van der Waals surface area contributed by atoms with E-state index in [1.54, 1.807) is 54.6 Å². The fourth-order valence-corrected chi connectivity index (χ4v) is 3.07. The zero-order chi connectivity index (χ0) is 18.1. The highest BCUT2D eigenvalue weighted by Crippen LogP contribution is 2.49. The Morgan fingerprint density at radius 2 is 1.48 bits per heavy atom. The van der Waals surface area contributed by atoms with E-state index in [4.69, 9.17) is 0 Å². The van der Waals surface area contributed by atoms with Crippen LogP contribution in [0.15, 0.2) is 60.8 Å². The normalized spacial score (nSPS) is 14.0. The van der Waals surface area contributed by atoms with Gasteiger partial charge in [0.05, 0.1) is 5.92 Å². The van der Waals surface area contributed by atoms with Gasteiger partial charge in [0.1, 0.15) is 0 Å². The smallest absolute Gasteiger partial charge is 0.361 e. The number of hydrogen-bond acceptors (Lipinski definition) is 0. The van der Waals surface area contributed by atoms with E-state index in [-0.39, 0.29) is 18.4 Å². The molecule has 0 spiro atoms. The summed E-state index contributed by atoms with van der Waals surface area (Å²) < 4.78 is 67.6. The third kappa shape index (κ3) is 3.38. The topological polar surface area (TPSA) is 15.8 Å². The van der Waals surface area contributed by atoms with Gasteiger partial charge in [0.15, 0.2) is 0 Å². The summed E-state index contributed by atoms with van der Waals surface area (Å²) in [7, 11) is 0. The van der Waals surface area contributed by atoms with Gasteiger partial charge < -0.3 is 4.98 Å². The van der Waals surface area contributed by atoms with Gasteiger partial charge in [-0.2, -0.15) is 22.0 Å². The number of hydrogen-bond donors (Lipinski definition) is 1. The van der Waals surface area contributed by atoms with E-state index in [1.807, 2.05) is 0 Å². The van der Waals surface area contributed by atoms with E-state index in [0.29, 0.717) is 10.9 Å². The van der Waals surface area contributed by atoms with Crippen LogP contribution in [0, 0.1) is 0 Å². The number of halogens is 5. The molecule has 1 N–H and O–H groups in total. The van der Waals surface area contributed by atoms with Crippen molar-refractivity contribution in [3.63, 3.8) is 0 Å². The first-order valence-corrected chi connectivity index (χ1v) is 7.85. The van der Waals surface area contributed by atoms with Crippen molar-refractivity contribution in [2.75, 3.05) is 0 Å². The quantitative estimate of drug-likeness (QED) is 0.535. The summed E-state index contributed by atoms with van der Waals surface area (Å²) in [6, 6.07) is 15.2. The lowest BCUT2D eigenvalue weighted by Crippen LogP contribution is -2.42. The Labute approximate surface area is 141 Å². The number of benzene rings is 2. The van der Waals surface area contributed by atoms with Crippen molar-refractivity contribution in [1.82, 2.24) is 4.98 Å². The molecule has 2 aromatic carbocycles. The Bertz CT molecular complexity index is 836. The summed E-state index contributed by atoms with van der Waals surface area (Å²) in [4.78, 5) is 2.79. The third-order valence-corrected chi connectivity index (χ3v) is 4.38. The summed E-state index contributed by atoms with van der Waals surface area (Å²) in [6.07, 6.45) is -4.51. The van der Waals surface area contributed by atoms with Crippen molar-refractivity contribution in [1.29, 1.82) is 0 Å². The van der Waals surface area contributed by atoms with Gasteiger partial charge in [0.2, 0.25) is 0 Å². The minimum Gasteiger partial charge on any atom is -0.361 e. The molecule has 25 heavy (non-hydrogen) atoms. The minimum atomic E-state index is -5.60. The molecule has 6 heteroatoms. The zero-order valence-electron chi connectivity index (χ0n) is 13.2. The first kappa shape index (κ1) is 17.5. The van der Waals surface area contributed by atoms with Crippen LogP contribution in [0.25, 0.3) is 10.9 Å². The molecule has 1 atom stereocenters. The number of aryl methyl sites for hydroxylation is 1. The lowest BCUT2D eigenvalue weighted by atomic mass is 9.86. The first-order chi connectivity index (χ1) is 11.8. The number of nitrogens with one attached hydrogen (secondary N) is 1. The standard InChI is InChI=1S/C19H16F5N/c20-18(21,19(22,23)24)16(11-10-13-6-2-1-3-7-13)15-12-25-17-9-5-4-8-14(15)17/h1-9,12,16,25H,10-11H2/t16-/m1/s1. The molecule has 0 bridgehead atoms. The zero-order valence-corrected chi connectivity index (χ0v) is 13.2. The molecule has 3 aromatic rings. The van der Waals surface area contributed by atoms with Crippen molar-refractivity contribution >= 4 is 10.9 Å². The SMILES string of the molecule is FC(F)(F)C(F)(F)[C@H](CCc1ccccc1)c1c[nH]c2ccccc12. The van der Waals surface area contributed by atoms with Gasteiger partial charge in [-0.15, -0.1) is 0 Å². The van der Waals surface area contributed by atoms with Gasteiger partial charge in [-0.1, -0.05) is 48.5 Å². The Kier molecular flexibility index (Phi) is 4.54. The lowest BCUT2D eigenvalue weighted by molar-refractivity contribution is -0.291. The van der Waals surface area contributed by atoms with Gasteiger partial charge in [0, 0.05) is 17.1 Å². The molecule has 0 amide bonds. The number of alkyl halides is 5. The maximum absolute atomic E-state index is 14.3. The van der Waals surface area contributed by atoms with Crippen LogP contribution in [0.4, 0.5) is 22.0 Å². The van der Waals surface area contributed by atoms with Crippen LogP contribution in [0.3, 0.4) is 0 Å². The fourth-order valence-electron chi connectivity index (χ4n) is 3.07. The summed E-state index contributed by atoms with van der Waals surface area (Å²) in [5, 5.41) is 0.393. The molecule has 0 radical (unpaired) electrons. The number of aromatic nitrogens is 1. The van der Waals surface area contributed by atoms with Crippen molar-refractivity contribution in [2.45, 2.75) is 30.9 Å². The van der Waals surface area contributed by atoms with Crippen molar-refractivity contribution in [3.8, 4) is 0 Å². The van der Waals surface area contributed by atoms with Crippen molar-refractivity contribution in [3.05, 3.63) is 71.9 Å². The highest BCUT2D eigenvalue weighted by molar-refractivity contribution is 5.83. The number of aromatic amines is 1. The highest BCUT2D eigenvalue weighted by atomic mass is 19.4. The Balaban J connectivity index is 2.00. The maximum Gasteiger partial charge on any atom is 0.453 e. The Morgan fingerprint density at radius 1 is 0.840 bits per heavy atom. The average molecular weight is 353 g/mol. The molecule has 0 saturated heterocycles. The fraction of sp³-hybridized carbons (Fsp3) is 0.263. The second kappa shape index (κ2) is 6.50. The van der Waals surface area contributed by atoms with E-state index in [0.717, 1.165) is 5.56 Å². The first-order valence-electron chi connectivity index (χ1n) is 7.85. The van der Waals surface area contributed by atoms with Crippen LogP contribution in [0.2, 0.25) is 0 Å². The highest BCUT2D eigenvalue weighted by Gasteiger charge is 2.62. The predicted octanol–water partition coefficient (Wildman–Crippen LogP) is 6.08. The van der Waals surface area contributed by atoms with E-state index < -0.39 is 18.0 Å². The molecule has 1 nitrogen and oxygen atoms in total. The lowest BCUT2D eigenvalue weighted by Gasteiger charge is -2.28. The Hall–Kier alpha value is -2.37. The monoisotopic (exact) mass is 353 g/mol. The molecule has 3 rings (SSSR count). The van der Waals surface area contributed by atoms with E-state index in [1.165, 1.54) is 6.20 Å². The van der Waals surface area contributed by atoms with Gasteiger partial charge in [-0.3, -0.25) is 0 Å². The second-order valence-corrected chi connectivity index (χ2v) is 5.99. The summed E-state index contributed by atoms with van der Waals surface area (Å²) in [5.41, 5.74) is 1.26. The maximum atomic E-state index is 14.3. The van der Waals surface area contributed by atoms with Gasteiger partial charge in [-0.25, -0.2) is 0 Å². The van der Waals surface area contributed by atoms with Gasteiger partial charge >= 0.3 is 12.1 Å². The van der Waals surface area contributed by atoms with Crippen molar-refractivity contribution < 1.29 is 22.0 Å². The van der Waals surface area contributed by atoms with Crippen molar-refractivity contribution in [2.24, 2.45) is 0 Å². The van der Waals surface area contributed by atoms with Gasteiger partial charge in [0.25, 0.3) is 0 Å². The summed E-state index contributed by atoms with van der Waals surface area (Å²) in [5.74, 6) is -6.77. The molecular weight excluding hydrogens is 337 g/mol. The largest absolute Gasteiger partial charge is 0.453 e.